The van der Waals surface area contributed by atoms with Gasteiger partial charge in [0.25, 0.3) is 0 Å². The fraction of sp³-hybridized carbons (Fsp3) is 0.211. The van der Waals surface area contributed by atoms with Crippen molar-refractivity contribution >= 4 is 17.7 Å². The molecule has 0 fully saturated rings. The van der Waals surface area contributed by atoms with E-state index in [4.69, 9.17) is 0 Å². The van der Waals surface area contributed by atoms with Crippen molar-refractivity contribution in [3.8, 4) is 11.4 Å². The quantitative estimate of drug-likeness (QED) is 0.673. The predicted octanol–water partition coefficient (Wildman–Crippen LogP) is 3.67. The maximum Gasteiger partial charge on any atom is 0.233 e. The highest BCUT2D eigenvalue weighted by Crippen LogP contribution is 2.20. The van der Waals surface area contributed by atoms with Gasteiger partial charge in [0.2, 0.25) is 11.1 Å². The molecule has 0 aliphatic carbocycles. The first-order valence-electron chi connectivity index (χ1n) is 8.12. The number of benzene rings is 2. The Morgan fingerprint density at radius 1 is 1.23 bits per heavy atom. The number of thioether (sulfide) groups is 1. The van der Waals surface area contributed by atoms with Crippen molar-refractivity contribution in [1.29, 1.82) is 0 Å². The van der Waals surface area contributed by atoms with Gasteiger partial charge in [0.15, 0.2) is 5.82 Å². The van der Waals surface area contributed by atoms with Gasteiger partial charge in [-0.15, -0.1) is 5.10 Å². The van der Waals surface area contributed by atoms with Crippen LogP contribution in [0.1, 0.15) is 11.1 Å². The number of aromatic nitrogens is 3. The molecule has 0 aliphatic rings. The zero-order chi connectivity index (χ0) is 18.5. The van der Waals surface area contributed by atoms with Gasteiger partial charge in [-0.05, 0) is 24.6 Å². The number of H-pyrrole nitrogens is 1. The Labute approximate surface area is 155 Å². The van der Waals surface area contributed by atoms with Crippen molar-refractivity contribution in [3.63, 3.8) is 0 Å². The van der Waals surface area contributed by atoms with E-state index >= 15 is 0 Å². The number of aryl methyl sites for hydroxylation is 1. The molecule has 134 valence electrons. The molecule has 3 aromatic rings. The van der Waals surface area contributed by atoms with Crippen molar-refractivity contribution in [2.45, 2.75) is 18.6 Å². The van der Waals surface area contributed by atoms with Crippen LogP contribution in [0.3, 0.4) is 0 Å². The molecule has 1 heterocycles. The summed E-state index contributed by atoms with van der Waals surface area (Å²) in [5.74, 6) is 0.521. The number of aromatic amines is 1. The van der Waals surface area contributed by atoms with Crippen LogP contribution in [0, 0.1) is 12.7 Å². The van der Waals surface area contributed by atoms with Crippen LogP contribution in [-0.2, 0) is 11.3 Å². The number of nitrogens with one attached hydrogen (secondary N) is 1. The third-order valence-corrected chi connectivity index (χ3v) is 4.68. The van der Waals surface area contributed by atoms with Gasteiger partial charge >= 0.3 is 0 Å². The zero-order valence-electron chi connectivity index (χ0n) is 14.6. The number of hydrogen-bond donors (Lipinski definition) is 1. The van der Waals surface area contributed by atoms with Crippen molar-refractivity contribution in [2.75, 3.05) is 12.8 Å². The highest BCUT2D eigenvalue weighted by atomic mass is 32.2. The normalized spacial score (nSPS) is 10.7. The van der Waals surface area contributed by atoms with Gasteiger partial charge in [0, 0.05) is 19.2 Å². The fourth-order valence-electron chi connectivity index (χ4n) is 2.39. The Morgan fingerprint density at radius 3 is 2.73 bits per heavy atom. The highest BCUT2D eigenvalue weighted by Gasteiger charge is 2.13. The van der Waals surface area contributed by atoms with E-state index in [1.807, 2.05) is 31.2 Å². The largest absolute Gasteiger partial charge is 0.341 e. The molecule has 1 aromatic heterocycles. The molecule has 3 rings (SSSR count). The number of halogens is 1. The minimum Gasteiger partial charge on any atom is -0.341 e. The van der Waals surface area contributed by atoms with Crippen molar-refractivity contribution in [3.05, 3.63) is 65.5 Å². The molecular formula is C19H19FN4OS. The topological polar surface area (TPSA) is 61.9 Å². The molecule has 26 heavy (non-hydrogen) atoms. The van der Waals surface area contributed by atoms with Gasteiger partial charge in [-0.1, -0.05) is 53.7 Å². The van der Waals surface area contributed by atoms with E-state index < -0.39 is 0 Å². The van der Waals surface area contributed by atoms with Crippen LogP contribution in [0.5, 0.6) is 0 Å². The second-order valence-electron chi connectivity index (χ2n) is 6.00. The van der Waals surface area contributed by atoms with E-state index in [1.54, 1.807) is 24.1 Å². The van der Waals surface area contributed by atoms with Gasteiger partial charge in [0.1, 0.15) is 5.82 Å². The number of hydrogen-bond acceptors (Lipinski definition) is 4. The molecule has 0 saturated carbocycles. The van der Waals surface area contributed by atoms with E-state index in [9.17, 15) is 9.18 Å². The summed E-state index contributed by atoms with van der Waals surface area (Å²) in [6, 6.07) is 14.2. The first-order valence-corrected chi connectivity index (χ1v) is 9.10. The van der Waals surface area contributed by atoms with E-state index in [-0.39, 0.29) is 17.5 Å². The average Bonchev–Trinajstić information content (AvgIpc) is 3.09. The third-order valence-electron chi connectivity index (χ3n) is 3.85. The Hall–Kier alpha value is -2.67. The molecule has 0 aliphatic heterocycles. The maximum absolute atomic E-state index is 13.2. The Bertz CT molecular complexity index is 895. The fourth-order valence-corrected chi connectivity index (χ4v) is 3.12. The maximum atomic E-state index is 13.2. The molecule has 5 nitrogen and oxygen atoms in total. The number of amides is 1. The number of carbonyl (C=O) groups excluding carboxylic acids is 1. The summed E-state index contributed by atoms with van der Waals surface area (Å²) >= 11 is 1.27. The molecule has 0 saturated heterocycles. The standard InChI is InChI=1S/C19H19FN4OS/c1-13-6-8-15(9-7-13)18-21-19(23-22-18)26-12-17(25)24(2)11-14-4-3-5-16(20)10-14/h3-10H,11-12H2,1-2H3,(H,21,22,23). The van der Waals surface area contributed by atoms with Crippen LogP contribution in [-0.4, -0.2) is 38.8 Å². The van der Waals surface area contributed by atoms with Crippen molar-refractivity contribution in [2.24, 2.45) is 0 Å². The Kier molecular flexibility index (Phi) is 5.68. The number of rotatable bonds is 6. The lowest BCUT2D eigenvalue weighted by atomic mass is 10.1. The van der Waals surface area contributed by atoms with Gasteiger partial charge in [-0.3, -0.25) is 9.89 Å². The van der Waals surface area contributed by atoms with E-state index in [1.165, 1.54) is 29.5 Å². The summed E-state index contributed by atoms with van der Waals surface area (Å²) in [5.41, 5.74) is 2.88. The van der Waals surface area contributed by atoms with Crippen molar-refractivity contribution in [1.82, 2.24) is 20.1 Å². The van der Waals surface area contributed by atoms with Gasteiger partial charge in [0.05, 0.1) is 5.75 Å². The first-order chi connectivity index (χ1) is 12.5. The Balaban J connectivity index is 1.55. The molecule has 1 N–H and O–H groups in total. The molecule has 0 unspecified atom stereocenters. The van der Waals surface area contributed by atoms with Gasteiger partial charge < -0.3 is 4.90 Å². The monoisotopic (exact) mass is 370 g/mol. The van der Waals surface area contributed by atoms with E-state index in [2.05, 4.69) is 15.2 Å². The molecule has 0 spiro atoms. The summed E-state index contributed by atoms with van der Waals surface area (Å²) in [4.78, 5) is 18.2. The second kappa shape index (κ2) is 8.14. The lowest BCUT2D eigenvalue weighted by Crippen LogP contribution is -2.27. The third kappa shape index (κ3) is 4.70. The van der Waals surface area contributed by atoms with Gasteiger partial charge in [-0.2, -0.15) is 0 Å². The first kappa shape index (κ1) is 18.1. The predicted molar refractivity (Wildman–Crippen MR) is 100 cm³/mol. The molecule has 0 bridgehead atoms. The zero-order valence-corrected chi connectivity index (χ0v) is 15.4. The number of nitrogens with zero attached hydrogens (tertiary/aromatic N) is 3. The van der Waals surface area contributed by atoms with Crippen LogP contribution >= 0.6 is 11.8 Å². The summed E-state index contributed by atoms with van der Waals surface area (Å²) in [5, 5.41) is 7.56. The minimum atomic E-state index is -0.304. The second-order valence-corrected chi connectivity index (χ2v) is 6.94. The van der Waals surface area contributed by atoms with Crippen LogP contribution in [0.15, 0.2) is 53.7 Å². The highest BCUT2D eigenvalue weighted by molar-refractivity contribution is 7.99. The number of carbonyl (C=O) groups is 1. The average molecular weight is 370 g/mol. The minimum absolute atomic E-state index is 0.0686. The SMILES string of the molecule is Cc1ccc(-c2nc(SCC(=O)N(C)Cc3cccc(F)c3)n[nH]2)cc1. The van der Waals surface area contributed by atoms with E-state index in [0.717, 1.165) is 11.1 Å². The molecule has 0 radical (unpaired) electrons. The van der Waals surface area contributed by atoms with Crippen LogP contribution in [0.2, 0.25) is 0 Å². The molecule has 2 aromatic carbocycles. The van der Waals surface area contributed by atoms with Gasteiger partial charge in [-0.25, -0.2) is 9.37 Å². The Morgan fingerprint density at radius 2 is 2.00 bits per heavy atom. The molecular weight excluding hydrogens is 351 g/mol. The molecule has 1 amide bonds. The summed E-state index contributed by atoms with van der Waals surface area (Å²) in [7, 11) is 1.70. The molecule has 7 heteroatoms. The summed E-state index contributed by atoms with van der Waals surface area (Å²) in [6.07, 6.45) is 0. The molecule has 0 atom stereocenters. The smallest absolute Gasteiger partial charge is 0.233 e. The van der Waals surface area contributed by atoms with Crippen molar-refractivity contribution < 1.29 is 9.18 Å². The van der Waals surface area contributed by atoms with Crippen LogP contribution in [0.4, 0.5) is 4.39 Å². The van der Waals surface area contributed by atoms with Crippen LogP contribution in [0.25, 0.3) is 11.4 Å². The summed E-state index contributed by atoms with van der Waals surface area (Å²) in [6.45, 7) is 2.39. The summed E-state index contributed by atoms with van der Waals surface area (Å²) < 4.78 is 13.2. The lowest BCUT2D eigenvalue weighted by Gasteiger charge is -2.16. The lowest BCUT2D eigenvalue weighted by molar-refractivity contribution is -0.127. The van der Waals surface area contributed by atoms with E-state index in [0.29, 0.717) is 17.5 Å². The van der Waals surface area contributed by atoms with Crippen LogP contribution < -0.4 is 0 Å².